The molecule has 0 aliphatic carbocycles. The lowest BCUT2D eigenvalue weighted by atomic mass is 10.2. The van der Waals surface area contributed by atoms with Crippen LogP contribution in [0.25, 0.3) is 11.0 Å². The number of hydrogen-bond donors (Lipinski definition) is 2. The summed E-state index contributed by atoms with van der Waals surface area (Å²) < 4.78 is 6.64. The van der Waals surface area contributed by atoms with Crippen molar-refractivity contribution in [3.05, 3.63) is 39.8 Å². The summed E-state index contributed by atoms with van der Waals surface area (Å²) in [6.45, 7) is 5.27. The summed E-state index contributed by atoms with van der Waals surface area (Å²) in [7, 11) is 1.36. The zero-order valence-corrected chi connectivity index (χ0v) is 15.0. The van der Waals surface area contributed by atoms with E-state index in [0.29, 0.717) is 23.3 Å². The van der Waals surface area contributed by atoms with E-state index >= 15 is 0 Å². The van der Waals surface area contributed by atoms with Crippen LogP contribution in [0.4, 0.5) is 4.79 Å². The fourth-order valence-corrected chi connectivity index (χ4v) is 2.37. The summed E-state index contributed by atoms with van der Waals surface area (Å²) in [5.41, 5.74) is 1.40. The van der Waals surface area contributed by atoms with Crippen LogP contribution in [0.1, 0.15) is 29.9 Å². The fourth-order valence-electron chi connectivity index (χ4n) is 2.37. The van der Waals surface area contributed by atoms with Gasteiger partial charge in [0.05, 0.1) is 16.6 Å². The zero-order valence-electron chi connectivity index (χ0n) is 15.0. The molecule has 9 heteroatoms. The molecular weight excluding hydrogens is 340 g/mol. The van der Waals surface area contributed by atoms with Crippen LogP contribution in [0.5, 0.6) is 0 Å². The monoisotopic (exact) mass is 360 g/mol. The number of esters is 1. The first-order valence-corrected chi connectivity index (χ1v) is 8.03. The minimum atomic E-state index is -1.16. The van der Waals surface area contributed by atoms with Gasteiger partial charge in [-0.1, -0.05) is 0 Å². The molecule has 1 atom stereocenters. The number of carbonyl (C=O) groups excluding carboxylic acids is 3. The average molecular weight is 360 g/mol. The molecule has 0 spiro atoms. The second-order valence-electron chi connectivity index (χ2n) is 5.57. The highest BCUT2D eigenvalue weighted by atomic mass is 16.5. The number of aromatic nitrogens is 2. The van der Waals surface area contributed by atoms with E-state index in [0.717, 1.165) is 0 Å². The number of rotatable bonds is 4. The van der Waals surface area contributed by atoms with Crippen molar-refractivity contribution in [2.75, 3.05) is 7.05 Å². The molecule has 3 amide bonds. The van der Waals surface area contributed by atoms with Gasteiger partial charge in [0.25, 0.3) is 11.5 Å². The Morgan fingerprint density at radius 1 is 1.31 bits per heavy atom. The van der Waals surface area contributed by atoms with Crippen LogP contribution in [0.2, 0.25) is 0 Å². The molecule has 0 saturated carbocycles. The van der Waals surface area contributed by atoms with Crippen LogP contribution in [-0.2, 0) is 16.1 Å². The second kappa shape index (κ2) is 7.77. The lowest BCUT2D eigenvalue weighted by Gasteiger charge is -2.13. The molecule has 0 aliphatic rings. The molecule has 1 aromatic heterocycles. The molecule has 0 radical (unpaired) electrons. The van der Waals surface area contributed by atoms with E-state index < -0.39 is 24.0 Å². The smallest absolute Gasteiger partial charge is 0.338 e. The minimum absolute atomic E-state index is 0.185. The second-order valence-corrected chi connectivity index (χ2v) is 5.57. The topological polar surface area (TPSA) is 119 Å². The maximum atomic E-state index is 12.3. The van der Waals surface area contributed by atoms with Crippen LogP contribution in [0, 0.1) is 6.92 Å². The molecule has 0 saturated heterocycles. The third-order valence-corrected chi connectivity index (χ3v) is 3.78. The number of amides is 3. The molecule has 2 N–H and O–H groups in total. The molecule has 0 fully saturated rings. The van der Waals surface area contributed by atoms with Crippen LogP contribution >= 0.6 is 0 Å². The summed E-state index contributed by atoms with van der Waals surface area (Å²) in [5, 5.41) is 4.26. The van der Waals surface area contributed by atoms with E-state index in [-0.39, 0.29) is 11.1 Å². The van der Waals surface area contributed by atoms with E-state index in [2.05, 4.69) is 10.3 Å². The van der Waals surface area contributed by atoms with E-state index in [9.17, 15) is 19.2 Å². The van der Waals surface area contributed by atoms with Gasteiger partial charge in [-0.05, 0) is 39.0 Å². The molecule has 1 aromatic carbocycles. The Hall–Kier alpha value is -3.23. The van der Waals surface area contributed by atoms with Gasteiger partial charge < -0.3 is 14.6 Å². The van der Waals surface area contributed by atoms with Gasteiger partial charge in [-0.15, -0.1) is 0 Å². The van der Waals surface area contributed by atoms with Crippen molar-refractivity contribution in [1.82, 2.24) is 20.2 Å². The minimum Gasteiger partial charge on any atom is -0.449 e. The largest absolute Gasteiger partial charge is 0.449 e. The standard InChI is InChI=1S/C17H20N4O5/c1-5-21-13-7-6-11(8-12(13)19-9(2)15(21)23)16(24)26-10(3)14(22)20-17(25)18-4/h6-8,10H,5H2,1-4H3,(H2,18,20,22,25)/t10-/m1/s1. The summed E-state index contributed by atoms with van der Waals surface area (Å²) in [5.74, 6) is -1.48. The maximum Gasteiger partial charge on any atom is 0.338 e. The Labute approximate surface area is 149 Å². The number of nitrogens with one attached hydrogen (secondary N) is 2. The first-order chi connectivity index (χ1) is 12.3. The Morgan fingerprint density at radius 3 is 2.62 bits per heavy atom. The van der Waals surface area contributed by atoms with Crippen LogP contribution < -0.4 is 16.2 Å². The van der Waals surface area contributed by atoms with Gasteiger partial charge >= 0.3 is 12.0 Å². The van der Waals surface area contributed by atoms with Crippen molar-refractivity contribution in [2.45, 2.75) is 33.4 Å². The van der Waals surface area contributed by atoms with Crippen molar-refractivity contribution in [2.24, 2.45) is 0 Å². The summed E-state index contributed by atoms with van der Waals surface area (Å²) >= 11 is 0. The van der Waals surface area contributed by atoms with Gasteiger partial charge in [0.15, 0.2) is 6.10 Å². The first-order valence-electron chi connectivity index (χ1n) is 8.03. The molecule has 2 rings (SSSR count). The zero-order chi connectivity index (χ0) is 19.4. The average Bonchev–Trinajstić information content (AvgIpc) is 2.62. The highest BCUT2D eigenvalue weighted by Gasteiger charge is 2.21. The van der Waals surface area contributed by atoms with E-state index in [1.54, 1.807) is 17.6 Å². The third-order valence-electron chi connectivity index (χ3n) is 3.78. The van der Waals surface area contributed by atoms with E-state index in [1.165, 1.54) is 26.1 Å². The van der Waals surface area contributed by atoms with Gasteiger partial charge in [-0.3, -0.25) is 14.9 Å². The number of fused-ring (bicyclic) bond motifs is 1. The number of imide groups is 1. The van der Waals surface area contributed by atoms with Crippen molar-refractivity contribution in [1.29, 1.82) is 0 Å². The third kappa shape index (κ3) is 3.88. The molecule has 0 unspecified atom stereocenters. The fraction of sp³-hybridized carbons (Fsp3) is 0.353. The quantitative estimate of drug-likeness (QED) is 0.776. The van der Waals surface area contributed by atoms with Crippen molar-refractivity contribution < 1.29 is 19.1 Å². The van der Waals surface area contributed by atoms with Gasteiger partial charge in [0.1, 0.15) is 5.69 Å². The molecule has 9 nitrogen and oxygen atoms in total. The highest BCUT2D eigenvalue weighted by molar-refractivity contribution is 5.99. The van der Waals surface area contributed by atoms with Gasteiger partial charge in [-0.25, -0.2) is 14.6 Å². The number of benzene rings is 1. The lowest BCUT2D eigenvalue weighted by Crippen LogP contribution is -2.43. The van der Waals surface area contributed by atoms with Crippen molar-refractivity contribution in [3.8, 4) is 0 Å². The van der Waals surface area contributed by atoms with E-state index in [4.69, 9.17) is 4.74 Å². The van der Waals surface area contributed by atoms with Crippen LogP contribution in [-0.4, -0.2) is 40.6 Å². The predicted molar refractivity (Wildman–Crippen MR) is 93.9 cm³/mol. The number of ether oxygens (including phenoxy) is 1. The SMILES string of the molecule is CCn1c(=O)c(C)nc2cc(C(=O)O[C@H](C)C(=O)NC(=O)NC)ccc21. The summed E-state index contributed by atoms with van der Waals surface area (Å²) in [6.07, 6.45) is -1.16. The lowest BCUT2D eigenvalue weighted by molar-refractivity contribution is -0.127. The number of urea groups is 1. The van der Waals surface area contributed by atoms with E-state index in [1.807, 2.05) is 12.2 Å². The normalized spacial score (nSPS) is 11.7. The molecular formula is C17H20N4O5. The number of aryl methyl sites for hydroxylation is 2. The highest BCUT2D eigenvalue weighted by Crippen LogP contribution is 2.15. The molecule has 138 valence electrons. The predicted octanol–water partition coefficient (Wildman–Crippen LogP) is 0.726. The van der Waals surface area contributed by atoms with Crippen molar-refractivity contribution >= 4 is 28.9 Å². The molecule has 1 heterocycles. The maximum absolute atomic E-state index is 12.3. The Bertz CT molecular complexity index is 935. The Morgan fingerprint density at radius 2 is 2.00 bits per heavy atom. The molecule has 0 aliphatic heterocycles. The first kappa shape index (κ1) is 19.1. The summed E-state index contributed by atoms with van der Waals surface area (Å²) in [4.78, 5) is 51.5. The van der Waals surface area contributed by atoms with Gasteiger partial charge in [-0.2, -0.15) is 0 Å². The number of nitrogens with zero attached hydrogens (tertiary/aromatic N) is 2. The van der Waals surface area contributed by atoms with Crippen molar-refractivity contribution in [3.63, 3.8) is 0 Å². The number of hydrogen-bond acceptors (Lipinski definition) is 6. The molecule has 2 aromatic rings. The molecule has 0 bridgehead atoms. The van der Waals surface area contributed by atoms with Gasteiger partial charge in [0, 0.05) is 13.6 Å². The van der Waals surface area contributed by atoms with Gasteiger partial charge in [0.2, 0.25) is 0 Å². The number of carbonyl (C=O) groups is 3. The Kier molecular flexibility index (Phi) is 5.71. The Balaban J connectivity index is 2.26. The van der Waals surface area contributed by atoms with Crippen LogP contribution in [0.15, 0.2) is 23.0 Å². The summed E-state index contributed by atoms with van der Waals surface area (Å²) in [6, 6.07) is 3.91. The molecule has 26 heavy (non-hydrogen) atoms. The van der Waals surface area contributed by atoms with Crippen LogP contribution in [0.3, 0.4) is 0 Å².